The minimum atomic E-state index is -0.752. The van der Waals surface area contributed by atoms with E-state index in [0.29, 0.717) is 28.5 Å². The molecule has 0 unspecified atom stereocenters. The number of para-hydroxylation sites is 1. The normalized spacial score (nSPS) is 15.7. The van der Waals surface area contributed by atoms with Gasteiger partial charge in [0.05, 0.1) is 17.1 Å². The molecule has 1 aliphatic heterocycles. The van der Waals surface area contributed by atoms with Gasteiger partial charge in [0.1, 0.15) is 5.56 Å². The second kappa shape index (κ2) is 8.46. The lowest BCUT2D eigenvalue weighted by molar-refractivity contribution is 0.429. The largest absolute Gasteiger partial charge is 0.493 e. The monoisotopic (exact) mass is 481 g/mol. The fraction of sp³-hybridized carbons (Fsp3) is 0.0870. The Hall–Kier alpha value is -3.07. The number of nitrogens with zero attached hydrogens (tertiary/aromatic N) is 2. The Kier molecular flexibility index (Phi) is 5.50. The van der Waals surface area contributed by atoms with E-state index in [1.54, 1.807) is 47.4 Å². The number of thiophene rings is 1. The van der Waals surface area contributed by atoms with Crippen LogP contribution in [0.15, 0.2) is 85.5 Å². The van der Waals surface area contributed by atoms with E-state index in [0.717, 1.165) is 14.3 Å². The van der Waals surface area contributed by atoms with Crippen molar-refractivity contribution in [2.45, 2.75) is 16.6 Å². The maximum Gasteiger partial charge on any atom is 0.335 e. The van der Waals surface area contributed by atoms with Crippen LogP contribution in [0.4, 0.5) is 5.69 Å². The highest BCUT2D eigenvalue weighted by atomic mass is 35.5. The average molecular weight is 482 g/mol. The third-order valence-corrected chi connectivity index (χ3v) is 7.74. The van der Waals surface area contributed by atoms with Crippen LogP contribution in [-0.4, -0.2) is 20.4 Å². The molecule has 0 radical (unpaired) electrons. The molecule has 1 aliphatic rings. The number of fused-ring (bicyclic) bond motifs is 1. The molecule has 6 nitrogen and oxygen atoms in total. The summed E-state index contributed by atoms with van der Waals surface area (Å²) in [5.74, 6) is -0.464. The van der Waals surface area contributed by atoms with Crippen molar-refractivity contribution in [2.24, 2.45) is 4.99 Å². The van der Waals surface area contributed by atoms with Gasteiger partial charge in [-0.1, -0.05) is 35.9 Å². The standard InChI is InChI=1S/C23H16ClN3O3S2/c24-13-5-3-6-14(11-13)27-22(29)20(21(28)26-23(27)30)16-12-19(18-9-4-10-31-18)32-17-8-2-1-7-15(17)25-16/h1-11,19,29H,12H2,(H,26,28,30)/t19-/m0/s1. The highest BCUT2D eigenvalue weighted by Gasteiger charge is 2.28. The van der Waals surface area contributed by atoms with Crippen molar-refractivity contribution in [1.29, 1.82) is 0 Å². The van der Waals surface area contributed by atoms with E-state index in [1.165, 1.54) is 0 Å². The first kappa shape index (κ1) is 20.8. The summed E-state index contributed by atoms with van der Waals surface area (Å²) in [5.41, 5.74) is 0.0112. The fourth-order valence-electron chi connectivity index (χ4n) is 3.64. The minimum absolute atomic E-state index is 0.00254. The van der Waals surface area contributed by atoms with E-state index in [9.17, 15) is 14.7 Å². The predicted octanol–water partition coefficient (Wildman–Crippen LogP) is 5.30. The molecule has 32 heavy (non-hydrogen) atoms. The number of rotatable bonds is 3. The molecule has 4 aromatic rings. The van der Waals surface area contributed by atoms with Crippen molar-refractivity contribution in [1.82, 2.24) is 9.55 Å². The van der Waals surface area contributed by atoms with Crippen LogP contribution in [0.3, 0.4) is 0 Å². The smallest absolute Gasteiger partial charge is 0.335 e. The van der Waals surface area contributed by atoms with Gasteiger partial charge in [-0.05, 0) is 41.8 Å². The van der Waals surface area contributed by atoms with Gasteiger partial charge < -0.3 is 5.11 Å². The van der Waals surface area contributed by atoms with Gasteiger partial charge in [-0.25, -0.2) is 9.36 Å². The van der Waals surface area contributed by atoms with Crippen LogP contribution in [0.25, 0.3) is 5.69 Å². The van der Waals surface area contributed by atoms with E-state index in [2.05, 4.69) is 4.98 Å². The molecule has 0 saturated carbocycles. The third-order valence-electron chi connectivity index (χ3n) is 5.07. The van der Waals surface area contributed by atoms with Crippen molar-refractivity contribution >= 4 is 46.1 Å². The summed E-state index contributed by atoms with van der Waals surface area (Å²) in [6.07, 6.45) is 0.407. The zero-order valence-electron chi connectivity index (χ0n) is 16.5. The fourth-order valence-corrected chi connectivity index (χ4v) is 5.98. The molecule has 2 aromatic heterocycles. The van der Waals surface area contributed by atoms with Crippen LogP contribution >= 0.6 is 34.7 Å². The Morgan fingerprint density at radius 3 is 2.72 bits per heavy atom. The van der Waals surface area contributed by atoms with E-state index >= 15 is 0 Å². The van der Waals surface area contributed by atoms with Gasteiger partial charge in [-0.15, -0.1) is 23.1 Å². The molecule has 9 heteroatoms. The van der Waals surface area contributed by atoms with Crippen molar-refractivity contribution in [3.8, 4) is 11.6 Å². The van der Waals surface area contributed by atoms with Crippen LogP contribution in [-0.2, 0) is 0 Å². The second-order valence-corrected chi connectivity index (χ2v) is 9.79. The Labute approximate surface area is 195 Å². The number of hydrogen-bond acceptors (Lipinski definition) is 6. The third kappa shape index (κ3) is 3.81. The molecular weight excluding hydrogens is 466 g/mol. The number of thioether (sulfide) groups is 1. The average Bonchev–Trinajstić information content (AvgIpc) is 3.22. The van der Waals surface area contributed by atoms with Crippen LogP contribution < -0.4 is 11.2 Å². The Morgan fingerprint density at radius 2 is 1.94 bits per heavy atom. The molecule has 2 N–H and O–H groups in total. The number of aromatic hydroxyl groups is 1. The second-order valence-electron chi connectivity index (χ2n) is 7.13. The summed E-state index contributed by atoms with van der Waals surface area (Å²) < 4.78 is 1.04. The topological polar surface area (TPSA) is 87.5 Å². The highest BCUT2D eigenvalue weighted by molar-refractivity contribution is 7.99. The predicted molar refractivity (Wildman–Crippen MR) is 130 cm³/mol. The van der Waals surface area contributed by atoms with Gasteiger partial charge >= 0.3 is 5.69 Å². The van der Waals surface area contributed by atoms with Crippen LogP contribution in [0, 0.1) is 0 Å². The van der Waals surface area contributed by atoms with Gasteiger partial charge in [0.25, 0.3) is 5.56 Å². The molecule has 2 aromatic carbocycles. The number of aromatic amines is 1. The lowest BCUT2D eigenvalue weighted by atomic mass is 10.1. The van der Waals surface area contributed by atoms with Gasteiger partial charge in [-0.2, -0.15) is 0 Å². The van der Waals surface area contributed by atoms with E-state index in [4.69, 9.17) is 16.6 Å². The Bertz CT molecular complexity index is 1460. The van der Waals surface area contributed by atoms with E-state index < -0.39 is 17.1 Å². The number of hydrogen-bond donors (Lipinski definition) is 2. The number of aromatic nitrogens is 2. The maximum absolute atomic E-state index is 12.9. The molecular formula is C23H16ClN3O3S2. The summed E-state index contributed by atoms with van der Waals surface area (Å²) in [6, 6.07) is 18.2. The number of aliphatic imine (C=N–C) groups is 1. The van der Waals surface area contributed by atoms with Gasteiger partial charge in [0.15, 0.2) is 0 Å². The number of benzene rings is 2. The van der Waals surface area contributed by atoms with Crippen molar-refractivity contribution in [3.63, 3.8) is 0 Å². The Morgan fingerprint density at radius 1 is 1.09 bits per heavy atom. The van der Waals surface area contributed by atoms with Crippen molar-refractivity contribution in [2.75, 3.05) is 0 Å². The van der Waals surface area contributed by atoms with Crippen molar-refractivity contribution in [3.05, 3.63) is 102 Å². The zero-order chi connectivity index (χ0) is 22.2. The van der Waals surface area contributed by atoms with Crippen LogP contribution in [0.5, 0.6) is 5.88 Å². The van der Waals surface area contributed by atoms with Crippen molar-refractivity contribution < 1.29 is 5.11 Å². The lowest BCUT2D eigenvalue weighted by Gasteiger charge is -2.16. The molecule has 3 heterocycles. The quantitative estimate of drug-likeness (QED) is 0.415. The summed E-state index contributed by atoms with van der Waals surface area (Å²) in [4.78, 5) is 34.7. The van der Waals surface area contributed by atoms with E-state index in [-0.39, 0.29) is 10.8 Å². The molecule has 0 fully saturated rings. The van der Waals surface area contributed by atoms with Crippen LogP contribution in [0.2, 0.25) is 5.02 Å². The van der Waals surface area contributed by atoms with Gasteiger partial charge in [0.2, 0.25) is 5.88 Å². The maximum atomic E-state index is 12.9. The van der Waals surface area contributed by atoms with Gasteiger partial charge in [-0.3, -0.25) is 14.8 Å². The molecule has 5 rings (SSSR count). The summed E-state index contributed by atoms with van der Waals surface area (Å²) in [5, 5.41) is 13.5. The zero-order valence-corrected chi connectivity index (χ0v) is 18.9. The molecule has 0 bridgehead atoms. The molecule has 1 atom stereocenters. The number of H-pyrrole nitrogens is 1. The molecule has 0 spiro atoms. The van der Waals surface area contributed by atoms with Crippen LogP contribution in [0.1, 0.15) is 22.1 Å². The summed E-state index contributed by atoms with van der Waals surface area (Å²) in [6.45, 7) is 0. The van der Waals surface area contributed by atoms with E-state index in [1.807, 2.05) is 41.8 Å². The minimum Gasteiger partial charge on any atom is -0.493 e. The van der Waals surface area contributed by atoms with Gasteiger partial charge in [0, 0.05) is 26.5 Å². The number of nitrogens with one attached hydrogen (secondary N) is 1. The SMILES string of the molecule is O=c1[nH]c(=O)n(-c2cccc(Cl)c2)c(O)c1C1=Nc2ccccc2S[C@H](c2cccs2)C1. The lowest BCUT2D eigenvalue weighted by Crippen LogP contribution is -2.33. The number of halogens is 1. The summed E-state index contributed by atoms with van der Waals surface area (Å²) in [7, 11) is 0. The molecule has 0 aliphatic carbocycles. The molecule has 0 saturated heterocycles. The first-order valence-corrected chi connectivity index (χ1v) is 11.9. The Balaban J connectivity index is 1.73. The molecule has 0 amide bonds. The highest BCUT2D eigenvalue weighted by Crippen LogP contribution is 2.46. The first-order chi connectivity index (χ1) is 15.5. The molecule has 160 valence electrons. The first-order valence-electron chi connectivity index (χ1n) is 9.72. The summed E-state index contributed by atoms with van der Waals surface area (Å²) >= 11 is 9.38.